The summed E-state index contributed by atoms with van der Waals surface area (Å²) >= 11 is 0. The highest BCUT2D eigenvalue weighted by Gasteiger charge is 2.11. The third-order valence-electron chi connectivity index (χ3n) is 2.48. The number of hydrogen-bond acceptors (Lipinski definition) is 2. The molecule has 2 aromatic rings. The number of hydrogen-bond donors (Lipinski definition) is 1. The van der Waals surface area contributed by atoms with Crippen LogP contribution in [0.2, 0.25) is 0 Å². The van der Waals surface area contributed by atoms with Crippen LogP contribution in [0.1, 0.15) is 18.6 Å². The Labute approximate surface area is 103 Å². The molecule has 1 N–H and O–H groups in total. The van der Waals surface area contributed by atoms with Gasteiger partial charge in [-0.2, -0.15) is 0 Å². The van der Waals surface area contributed by atoms with E-state index in [1.54, 1.807) is 31.2 Å². The molecule has 0 aliphatic carbocycles. The largest absolute Gasteiger partial charge is 0.454 e. The summed E-state index contributed by atoms with van der Waals surface area (Å²) in [6, 6.07) is 9.83. The van der Waals surface area contributed by atoms with Crippen LogP contribution >= 0.6 is 0 Å². The molecule has 2 aromatic carbocycles. The first kappa shape index (κ1) is 12.5. The fourth-order valence-electron chi connectivity index (χ4n) is 1.60. The minimum absolute atomic E-state index is 0.0792. The molecule has 0 aliphatic heterocycles. The Morgan fingerprint density at radius 1 is 1.06 bits per heavy atom. The van der Waals surface area contributed by atoms with Gasteiger partial charge in [0.25, 0.3) is 0 Å². The first-order valence-corrected chi connectivity index (χ1v) is 5.48. The van der Waals surface area contributed by atoms with Crippen LogP contribution in [0.25, 0.3) is 0 Å². The van der Waals surface area contributed by atoms with Crippen molar-refractivity contribution in [2.75, 3.05) is 0 Å². The third kappa shape index (κ3) is 2.65. The predicted octanol–water partition coefficient (Wildman–Crippen LogP) is 3.81. The Kier molecular flexibility index (Phi) is 3.58. The number of halogens is 2. The predicted molar refractivity (Wildman–Crippen MR) is 63.5 cm³/mol. The smallest absolute Gasteiger partial charge is 0.168 e. The Morgan fingerprint density at radius 2 is 1.78 bits per heavy atom. The fourth-order valence-corrected chi connectivity index (χ4v) is 1.60. The van der Waals surface area contributed by atoms with Gasteiger partial charge in [0.05, 0.1) is 6.10 Å². The highest BCUT2D eigenvalue weighted by molar-refractivity contribution is 5.39. The van der Waals surface area contributed by atoms with Crippen LogP contribution in [0.15, 0.2) is 42.5 Å². The molecule has 0 radical (unpaired) electrons. The van der Waals surface area contributed by atoms with E-state index in [0.29, 0.717) is 11.3 Å². The van der Waals surface area contributed by atoms with Crippen LogP contribution < -0.4 is 4.74 Å². The summed E-state index contributed by atoms with van der Waals surface area (Å²) in [5, 5.41) is 9.56. The van der Waals surface area contributed by atoms with Crippen molar-refractivity contribution in [1.29, 1.82) is 0 Å². The number of para-hydroxylation sites is 1. The van der Waals surface area contributed by atoms with Gasteiger partial charge in [-0.3, -0.25) is 0 Å². The molecule has 0 bridgehead atoms. The van der Waals surface area contributed by atoms with Crippen molar-refractivity contribution >= 4 is 0 Å². The minimum atomic E-state index is -0.782. The molecule has 0 saturated heterocycles. The van der Waals surface area contributed by atoms with Crippen LogP contribution in [0.3, 0.4) is 0 Å². The second-order valence-corrected chi connectivity index (χ2v) is 3.89. The van der Waals surface area contributed by atoms with E-state index < -0.39 is 17.7 Å². The van der Waals surface area contributed by atoms with Crippen molar-refractivity contribution in [3.05, 3.63) is 59.7 Å². The highest BCUT2D eigenvalue weighted by atomic mass is 19.1. The van der Waals surface area contributed by atoms with E-state index in [1.807, 2.05) is 0 Å². The lowest BCUT2D eigenvalue weighted by molar-refractivity contribution is 0.195. The molecule has 0 unspecified atom stereocenters. The average Bonchev–Trinajstić information content (AvgIpc) is 2.33. The Morgan fingerprint density at radius 3 is 2.44 bits per heavy atom. The maximum absolute atomic E-state index is 13.4. The van der Waals surface area contributed by atoms with Gasteiger partial charge in [-0.05, 0) is 25.1 Å². The van der Waals surface area contributed by atoms with Crippen molar-refractivity contribution in [2.24, 2.45) is 0 Å². The van der Waals surface area contributed by atoms with E-state index >= 15 is 0 Å². The molecule has 94 valence electrons. The van der Waals surface area contributed by atoms with E-state index in [2.05, 4.69) is 0 Å². The first-order valence-electron chi connectivity index (χ1n) is 5.48. The SMILES string of the molecule is C[C@@H](O)c1ccccc1Oc1ccc(F)cc1F. The molecule has 2 nitrogen and oxygen atoms in total. The van der Waals surface area contributed by atoms with E-state index in [4.69, 9.17) is 4.74 Å². The van der Waals surface area contributed by atoms with Crippen LogP contribution in [0, 0.1) is 11.6 Å². The normalized spacial score (nSPS) is 12.2. The van der Waals surface area contributed by atoms with Gasteiger partial charge < -0.3 is 9.84 Å². The number of aliphatic hydroxyl groups excluding tert-OH is 1. The van der Waals surface area contributed by atoms with Crippen molar-refractivity contribution in [3.8, 4) is 11.5 Å². The van der Waals surface area contributed by atoms with Gasteiger partial charge in [0.1, 0.15) is 11.6 Å². The second kappa shape index (κ2) is 5.14. The lowest BCUT2D eigenvalue weighted by Crippen LogP contribution is -1.97. The Bertz CT molecular complexity index is 553. The van der Waals surface area contributed by atoms with E-state index in [-0.39, 0.29) is 5.75 Å². The standard InChI is InChI=1S/C14H12F2O2/c1-9(17)11-4-2-3-5-13(11)18-14-7-6-10(15)8-12(14)16/h2-9,17H,1H3/t9-/m1/s1. The molecule has 0 heterocycles. The second-order valence-electron chi connectivity index (χ2n) is 3.89. The maximum Gasteiger partial charge on any atom is 0.168 e. The van der Waals surface area contributed by atoms with Crippen molar-refractivity contribution in [2.45, 2.75) is 13.0 Å². The molecule has 0 aromatic heterocycles. The molecule has 1 atom stereocenters. The van der Waals surface area contributed by atoms with Gasteiger partial charge in [0.2, 0.25) is 0 Å². The zero-order valence-corrected chi connectivity index (χ0v) is 9.73. The number of benzene rings is 2. The molecule has 0 saturated carbocycles. The van der Waals surface area contributed by atoms with E-state index in [9.17, 15) is 13.9 Å². The lowest BCUT2D eigenvalue weighted by Gasteiger charge is -2.13. The van der Waals surface area contributed by atoms with Crippen LogP contribution in [-0.4, -0.2) is 5.11 Å². The topological polar surface area (TPSA) is 29.5 Å². The Hall–Kier alpha value is -1.94. The molecule has 18 heavy (non-hydrogen) atoms. The zero-order valence-electron chi connectivity index (χ0n) is 9.73. The lowest BCUT2D eigenvalue weighted by atomic mass is 10.1. The highest BCUT2D eigenvalue weighted by Crippen LogP contribution is 2.30. The molecule has 2 rings (SSSR count). The van der Waals surface area contributed by atoms with Crippen molar-refractivity contribution in [3.63, 3.8) is 0 Å². The molecule has 0 fully saturated rings. The van der Waals surface area contributed by atoms with Gasteiger partial charge in [-0.15, -0.1) is 0 Å². The van der Waals surface area contributed by atoms with Crippen molar-refractivity contribution < 1.29 is 18.6 Å². The summed E-state index contributed by atoms with van der Waals surface area (Å²) in [5.74, 6) is -1.18. The molecule has 4 heteroatoms. The van der Waals surface area contributed by atoms with Crippen molar-refractivity contribution in [1.82, 2.24) is 0 Å². The average molecular weight is 250 g/mol. The Balaban J connectivity index is 2.34. The van der Waals surface area contributed by atoms with Gasteiger partial charge in [-0.25, -0.2) is 8.78 Å². The minimum Gasteiger partial charge on any atom is -0.454 e. The number of ether oxygens (including phenoxy) is 1. The van der Waals surface area contributed by atoms with E-state index in [0.717, 1.165) is 12.1 Å². The summed E-state index contributed by atoms with van der Waals surface area (Å²) in [4.78, 5) is 0. The van der Waals surface area contributed by atoms with Gasteiger partial charge >= 0.3 is 0 Å². The molecular formula is C14H12F2O2. The van der Waals surface area contributed by atoms with Crippen LogP contribution in [-0.2, 0) is 0 Å². The van der Waals surface area contributed by atoms with Crippen LogP contribution in [0.4, 0.5) is 8.78 Å². The fraction of sp³-hybridized carbons (Fsp3) is 0.143. The summed E-state index contributed by atoms with van der Waals surface area (Å²) < 4.78 is 31.6. The molecule has 0 amide bonds. The molecule has 0 spiro atoms. The van der Waals surface area contributed by atoms with Gasteiger partial charge in [0.15, 0.2) is 11.6 Å². The molecular weight excluding hydrogens is 238 g/mol. The van der Waals surface area contributed by atoms with Gasteiger partial charge in [-0.1, -0.05) is 18.2 Å². The summed E-state index contributed by atoms with van der Waals surface area (Å²) in [6.07, 6.45) is -0.732. The quantitative estimate of drug-likeness (QED) is 0.897. The summed E-state index contributed by atoms with van der Waals surface area (Å²) in [7, 11) is 0. The van der Waals surface area contributed by atoms with E-state index in [1.165, 1.54) is 6.07 Å². The third-order valence-corrected chi connectivity index (χ3v) is 2.48. The number of aliphatic hydroxyl groups is 1. The zero-order chi connectivity index (χ0) is 13.1. The maximum atomic E-state index is 13.4. The summed E-state index contributed by atoms with van der Waals surface area (Å²) in [6.45, 7) is 1.59. The number of rotatable bonds is 3. The first-order chi connectivity index (χ1) is 8.58. The summed E-state index contributed by atoms with van der Waals surface area (Å²) in [5.41, 5.74) is 0.543. The monoisotopic (exact) mass is 250 g/mol. The van der Waals surface area contributed by atoms with Crippen LogP contribution in [0.5, 0.6) is 11.5 Å². The van der Waals surface area contributed by atoms with Gasteiger partial charge in [0, 0.05) is 11.6 Å². The molecule has 0 aliphatic rings.